The van der Waals surface area contributed by atoms with Gasteiger partial charge in [-0.3, -0.25) is 0 Å². The molecule has 1 aromatic heterocycles. The molecule has 3 nitrogen and oxygen atoms in total. The molecule has 1 heterocycles. The normalized spacial score (nSPS) is 13.1. The molecule has 0 aliphatic heterocycles. The van der Waals surface area contributed by atoms with Gasteiger partial charge in [-0.05, 0) is 12.3 Å². The molecule has 0 spiro atoms. The van der Waals surface area contributed by atoms with E-state index >= 15 is 0 Å². The zero-order chi connectivity index (χ0) is 10.4. The Balaban J connectivity index is 2.54. The average molecular weight is 211 g/mol. The van der Waals surface area contributed by atoms with Crippen LogP contribution in [-0.4, -0.2) is 28.0 Å². The molecular formula is C10H17N3S. The molecule has 1 atom stereocenters. The fourth-order valence-electron chi connectivity index (χ4n) is 1.13. The molecule has 1 unspecified atom stereocenters. The van der Waals surface area contributed by atoms with Crippen LogP contribution in [-0.2, 0) is 0 Å². The predicted octanol–water partition coefficient (Wildman–Crippen LogP) is 1.88. The van der Waals surface area contributed by atoms with Crippen molar-refractivity contribution in [2.75, 3.05) is 12.8 Å². The second-order valence-corrected chi connectivity index (χ2v) is 5.00. The van der Waals surface area contributed by atoms with Gasteiger partial charge in [-0.15, -0.1) is 0 Å². The van der Waals surface area contributed by atoms with E-state index in [1.807, 2.05) is 31.2 Å². The minimum Gasteiger partial charge on any atom is -0.312 e. The van der Waals surface area contributed by atoms with E-state index in [0.717, 1.165) is 11.3 Å². The third kappa shape index (κ3) is 3.64. The summed E-state index contributed by atoms with van der Waals surface area (Å²) in [6, 6.07) is 0.351. The van der Waals surface area contributed by atoms with Gasteiger partial charge in [-0.25, -0.2) is 9.97 Å². The molecule has 1 aromatic rings. The number of hydrogen-bond donors (Lipinski definition) is 1. The Morgan fingerprint density at radius 3 is 2.50 bits per heavy atom. The standard InChI is InChI=1S/C10H17N3S/c1-8(2)14-6-10(11-3)9-4-12-7-13-5-9/h4-5,7-8,10-11H,6H2,1-3H3. The Bertz CT molecular complexity index is 251. The fraction of sp³-hybridized carbons (Fsp3) is 0.600. The van der Waals surface area contributed by atoms with E-state index in [0.29, 0.717) is 11.3 Å². The summed E-state index contributed by atoms with van der Waals surface area (Å²) in [5, 5.41) is 3.94. The maximum absolute atomic E-state index is 4.02. The molecule has 0 radical (unpaired) electrons. The summed E-state index contributed by atoms with van der Waals surface area (Å²) in [5.41, 5.74) is 1.16. The number of aromatic nitrogens is 2. The zero-order valence-electron chi connectivity index (χ0n) is 8.90. The first-order chi connectivity index (χ1) is 6.74. The van der Waals surface area contributed by atoms with Crippen molar-refractivity contribution >= 4 is 11.8 Å². The monoisotopic (exact) mass is 211 g/mol. The molecule has 0 aliphatic rings. The summed E-state index contributed by atoms with van der Waals surface area (Å²) in [7, 11) is 1.97. The molecule has 0 aliphatic carbocycles. The van der Waals surface area contributed by atoms with Crippen LogP contribution >= 0.6 is 11.8 Å². The molecule has 0 aromatic carbocycles. The number of thioether (sulfide) groups is 1. The molecule has 0 saturated carbocycles. The van der Waals surface area contributed by atoms with Gasteiger partial charge in [-0.2, -0.15) is 11.8 Å². The minimum atomic E-state index is 0.351. The van der Waals surface area contributed by atoms with E-state index in [9.17, 15) is 0 Å². The lowest BCUT2D eigenvalue weighted by Gasteiger charge is -2.16. The van der Waals surface area contributed by atoms with Crippen LogP contribution in [0, 0.1) is 0 Å². The van der Waals surface area contributed by atoms with Crippen LogP contribution in [0.2, 0.25) is 0 Å². The van der Waals surface area contributed by atoms with Crippen molar-refractivity contribution < 1.29 is 0 Å². The van der Waals surface area contributed by atoms with Crippen LogP contribution in [0.15, 0.2) is 18.7 Å². The summed E-state index contributed by atoms with van der Waals surface area (Å²) in [4.78, 5) is 8.04. The summed E-state index contributed by atoms with van der Waals surface area (Å²) in [6.07, 6.45) is 5.30. The second kappa shape index (κ2) is 5.98. The van der Waals surface area contributed by atoms with E-state index < -0.39 is 0 Å². The summed E-state index contributed by atoms with van der Waals surface area (Å²) in [6.45, 7) is 4.41. The van der Waals surface area contributed by atoms with Crippen molar-refractivity contribution in [1.82, 2.24) is 15.3 Å². The number of nitrogens with one attached hydrogen (secondary N) is 1. The molecule has 1 rings (SSSR count). The van der Waals surface area contributed by atoms with E-state index in [-0.39, 0.29) is 0 Å². The summed E-state index contributed by atoms with van der Waals surface area (Å²) < 4.78 is 0. The Kier molecular flexibility index (Phi) is 4.90. The highest BCUT2D eigenvalue weighted by atomic mass is 32.2. The van der Waals surface area contributed by atoms with Crippen molar-refractivity contribution in [2.24, 2.45) is 0 Å². The highest BCUT2D eigenvalue weighted by Gasteiger charge is 2.10. The van der Waals surface area contributed by atoms with Gasteiger partial charge in [0.1, 0.15) is 6.33 Å². The van der Waals surface area contributed by atoms with Crippen molar-refractivity contribution in [2.45, 2.75) is 25.1 Å². The largest absolute Gasteiger partial charge is 0.312 e. The third-order valence-corrected chi connectivity index (χ3v) is 3.12. The quantitative estimate of drug-likeness (QED) is 0.807. The number of rotatable bonds is 5. The van der Waals surface area contributed by atoms with Gasteiger partial charge in [0.15, 0.2) is 0 Å². The van der Waals surface area contributed by atoms with E-state index in [4.69, 9.17) is 0 Å². The molecule has 0 fully saturated rings. The lowest BCUT2D eigenvalue weighted by molar-refractivity contribution is 0.654. The van der Waals surface area contributed by atoms with Crippen molar-refractivity contribution in [3.8, 4) is 0 Å². The van der Waals surface area contributed by atoms with Gasteiger partial charge in [0.2, 0.25) is 0 Å². The zero-order valence-corrected chi connectivity index (χ0v) is 9.71. The van der Waals surface area contributed by atoms with Gasteiger partial charge in [0, 0.05) is 29.8 Å². The number of nitrogens with zero attached hydrogens (tertiary/aromatic N) is 2. The Morgan fingerprint density at radius 1 is 1.36 bits per heavy atom. The second-order valence-electron chi connectivity index (χ2n) is 3.40. The fourth-order valence-corrected chi connectivity index (χ4v) is 2.06. The first kappa shape index (κ1) is 11.5. The van der Waals surface area contributed by atoms with E-state index in [1.165, 1.54) is 0 Å². The maximum atomic E-state index is 4.02. The predicted molar refractivity (Wildman–Crippen MR) is 61.4 cm³/mol. The molecule has 78 valence electrons. The van der Waals surface area contributed by atoms with Crippen LogP contribution in [0.3, 0.4) is 0 Å². The topological polar surface area (TPSA) is 37.8 Å². The van der Waals surface area contributed by atoms with Gasteiger partial charge in [-0.1, -0.05) is 13.8 Å². The Morgan fingerprint density at radius 2 is 2.00 bits per heavy atom. The molecule has 1 N–H and O–H groups in total. The van der Waals surface area contributed by atoms with Crippen LogP contribution < -0.4 is 5.32 Å². The van der Waals surface area contributed by atoms with Gasteiger partial charge < -0.3 is 5.32 Å². The first-order valence-electron chi connectivity index (χ1n) is 4.77. The molecule has 0 saturated heterocycles. The van der Waals surface area contributed by atoms with Crippen LogP contribution in [0.4, 0.5) is 0 Å². The van der Waals surface area contributed by atoms with Crippen molar-refractivity contribution in [3.05, 3.63) is 24.3 Å². The highest BCUT2D eigenvalue weighted by Crippen LogP contribution is 2.19. The molecular weight excluding hydrogens is 194 g/mol. The van der Waals surface area contributed by atoms with Gasteiger partial charge in [0.25, 0.3) is 0 Å². The lowest BCUT2D eigenvalue weighted by Crippen LogP contribution is -2.19. The Hall–Kier alpha value is -0.610. The number of hydrogen-bond acceptors (Lipinski definition) is 4. The van der Waals surface area contributed by atoms with Crippen molar-refractivity contribution in [1.29, 1.82) is 0 Å². The van der Waals surface area contributed by atoms with E-state index in [1.54, 1.807) is 6.33 Å². The third-order valence-electron chi connectivity index (χ3n) is 1.93. The molecule has 4 heteroatoms. The molecule has 0 amide bonds. The van der Waals surface area contributed by atoms with Gasteiger partial charge in [0.05, 0.1) is 0 Å². The van der Waals surface area contributed by atoms with Crippen LogP contribution in [0.5, 0.6) is 0 Å². The van der Waals surface area contributed by atoms with Crippen LogP contribution in [0.1, 0.15) is 25.5 Å². The lowest BCUT2D eigenvalue weighted by atomic mass is 10.2. The van der Waals surface area contributed by atoms with E-state index in [2.05, 4.69) is 29.1 Å². The minimum absolute atomic E-state index is 0.351. The van der Waals surface area contributed by atoms with Crippen molar-refractivity contribution in [3.63, 3.8) is 0 Å². The highest BCUT2D eigenvalue weighted by molar-refractivity contribution is 7.99. The Labute approximate surface area is 89.7 Å². The first-order valence-corrected chi connectivity index (χ1v) is 5.82. The maximum Gasteiger partial charge on any atom is 0.115 e. The van der Waals surface area contributed by atoms with Gasteiger partial charge >= 0.3 is 0 Å². The molecule has 0 bridgehead atoms. The molecule has 14 heavy (non-hydrogen) atoms. The smallest absolute Gasteiger partial charge is 0.115 e. The average Bonchev–Trinajstić information content (AvgIpc) is 2.20. The SMILES string of the molecule is CNC(CSC(C)C)c1cncnc1. The summed E-state index contributed by atoms with van der Waals surface area (Å²) in [5.74, 6) is 1.06. The summed E-state index contributed by atoms with van der Waals surface area (Å²) >= 11 is 1.94. The van der Waals surface area contributed by atoms with Crippen LogP contribution in [0.25, 0.3) is 0 Å².